The number of ether oxygens (including phenoxy) is 1. The van der Waals surface area contributed by atoms with E-state index in [2.05, 4.69) is 22.2 Å². The van der Waals surface area contributed by atoms with Crippen molar-refractivity contribution < 1.29 is 34.2 Å². The van der Waals surface area contributed by atoms with Crippen LogP contribution >= 0.6 is 82.3 Å². The van der Waals surface area contributed by atoms with E-state index in [1.165, 1.54) is 48.1 Å². The van der Waals surface area contributed by atoms with Gasteiger partial charge in [-0.3, -0.25) is 0 Å². The fourth-order valence-corrected chi connectivity index (χ4v) is 5.99. The van der Waals surface area contributed by atoms with Gasteiger partial charge in [-0.25, -0.2) is 14.8 Å². The van der Waals surface area contributed by atoms with Crippen molar-refractivity contribution >= 4 is 101 Å². The number of aliphatic hydroxyl groups is 1. The molecule has 0 rings (SSSR count). The lowest BCUT2D eigenvalue weighted by molar-refractivity contribution is -0.196. The molecule has 0 atom stereocenters. The van der Waals surface area contributed by atoms with Gasteiger partial charge in [-0.2, -0.15) is 9.78 Å². The molecule has 2 N–H and O–H groups in total. The number of alkyl carbamates (subject to hydrolysis) is 1. The van der Waals surface area contributed by atoms with Crippen LogP contribution in [0.4, 0.5) is 4.79 Å². The Bertz CT molecular complexity index is 500. The summed E-state index contributed by atoms with van der Waals surface area (Å²) in [6.45, 7) is 2.07. The number of rotatable bonds is 26. The van der Waals surface area contributed by atoms with Crippen LogP contribution in [0.25, 0.3) is 0 Å². The van der Waals surface area contributed by atoms with Gasteiger partial charge in [-0.05, 0) is 5.75 Å². The third kappa shape index (κ3) is 30.6. The lowest BCUT2D eigenvalue weighted by atomic mass is 11.0. The fraction of sp³-hybridized carbons (Fsp3) is 0.824. The van der Waals surface area contributed by atoms with Crippen LogP contribution in [0.15, 0.2) is 9.98 Å². The lowest BCUT2D eigenvalue weighted by Gasteiger charge is -2.06. The molecule has 0 saturated carbocycles. The standard InChI is InChI=1S/C17H33N3O7S7/c1-2-28-9-18-7-24-26-14-32-6-5-31-13-23-17(22)20-11-30-4-3-29-10-19-8-25-27-15-34-16-33-12-21/h7-8,21H,2-6,9-16H2,1H3,(H,20,22)/b18-7+,19-8+. The van der Waals surface area contributed by atoms with Gasteiger partial charge >= 0.3 is 6.09 Å². The van der Waals surface area contributed by atoms with Gasteiger partial charge in [0, 0.05) is 28.1 Å². The highest BCUT2D eigenvalue weighted by Gasteiger charge is 2.01. The molecule has 34 heavy (non-hydrogen) atoms. The monoisotopic (exact) mass is 615 g/mol. The molecule has 0 aromatic heterocycles. The molecule has 10 nitrogen and oxygen atoms in total. The molecule has 0 aliphatic carbocycles. The summed E-state index contributed by atoms with van der Waals surface area (Å²) in [5, 5.41) is 12.1. The summed E-state index contributed by atoms with van der Waals surface area (Å²) in [5.41, 5.74) is 0. The third-order valence-electron chi connectivity index (χ3n) is 2.76. The molecule has 0 bridgehead atoms. The molecule has 0 aliphatic heterocycles. The minimum Gasteiger partial charge on any atom is -0.438 e. The lowest BCUT2D eigenvalue weighted by Crippen LogP contribution is -2.24. The Morgan fingerprint density at radius 1 is 0.824 bits per heavy atom. The summed E-state index contributed by atoms with van der Waals surface area (Å²) in [7, 11) is 0. The van der Waals surface area contributed by atoms with Gasteiger partial charge in [-0.1, -0.05) is 6.92 Å². The molecule has 0 aromatic rings. The second-order valence-corrected chi connectivity index (χ2v) is 12.9. The molecule has 1 amide bonds. The quantitative estimate of drug-likeness (QED) is 0.0355. The van der Waals surface area contributed by atoms with E-state index >= 15 is 0 Å². The van der Waals surface area contributed by atoms with Crippen molar-refractivity contribution in [1.82, 2.24) is 5.32 Å². The van der Waals surface area contributed by atoms with Gasteiger partial charge < -0.3 is 24.9 Å². The van der Waals surface area contributed by atoms with E-state index in [9.17, 15) is 4.79 Å². The average Bonchev–Trinajstić information content (AvgIpc) is 2.84. The zero-order valence-electron chi connectivity index (χ0n) is 19.0. The zero-order valence-corrected chi connectivity index (χ0v) is 24.7. The second kappa shape index (κ2) is 31.6. The predicted octanol–water partition coefficient (Wildman–Crippen LogP) is 4.47. The number of carbonyl (C=O) groups is 1. The molecular formula is C17H33N3O7S7. The Hall–Kier alpha value is 0.540. The molecule has 17 heteroatoms. The molecule has 200 valence electrons. The van der Waals surface area contributed by atoms with E-state index in [1.54, 1.807) is 47.0 Å². The molecule has 0 radical (unpaired) electrons. The zero-order chi connectivity index (χ0) is 24.8. The first-order chi connectivity index (χ1) is 16.8. The highest BCUT2D eigenvalue weighted by atomic mass is 32.2. The molecule has 0 aromatic carbocycles. The normalized spacial score (nSPS) is 11.4. The van der Waals surface area contributed by atoms with Crippen molar-refractivity contribution in [3.63, 3.8) is 0 Å². The highest BCUT2D eigenvalue weighted by Crippen LogP contribution is 2.11. The first kappa shape index (κ1) is 34.5. The third-order valence-corrected chi connectivity index (χ3v) is 9.00. The number of thioether (sulfide) groups is 7. The van der Waals surface area contributed by atoms with Crippen LogP contribution in [-0.2, 0) is 24.3 Å². The van der Waals surface area contributed by atoms with Crippen LogP contribution in [0.1, 0.15) is 6.92 Å². The average molecular weight is 616 g/mol. The fourth-order valence-electron chi connectivity index (χ4n) is 1.38. The van der Waals surface area contributed by atoms with E-state index < -0.39 is 6.09 Å². The number of nitrogens with one attached hydrogen (secondary N) is 1. The number of hydrogen-bond donors (Lipinski definition) is 2. The maximum atomic E-state index is 11.6. The largest absolute Gasteiger partial charge is 0.438 e. The Kier molecular flexibility index (Phi) is 32.1. The van der Waals surface area contributed by atoms with Crippen LogP contribution in [0, 0.1) is 0 Å². The van der Waals surface area contributed by atoms with Gasteiger partial charge in [0.25, 0.3) is 0 Å². The Morgan fingerprint density at radius 2 is 1.44 bits per heavy atom. The molecular weight excluding hydrogens is 583 g/mol. The smallest absolute Gasteiger partial charge is 0.408 e. The van der Waals surface area contributed by atoms with Crippen LogP contribution in [0.3, 0.4) is 0 Å². The minimum atomic E-state index is -0.410. The van der Waals surface area contributed by atoms with E-state index in [4.69, 9.17) is 29.4 Å². The summed E-state index contributed by atoms with van der Waals surface area (Å²) >= 11 is 11.0. The maximum absolute atomic E-state index is 11.6. The molecule has 0 aliphatic rings. The second-order valence-electron chi connectivity index (χ2n) is 5.15. The number of aliphatic imine (C=N–C) groups is 2. The topological polar surface area (TPSA) is 120 Å². The van der Waals surface area contributed by atoms with E-state index in [0.717, 1.165) is 33.8 Å². The van der Waals surface area contributed by atoms with Crippen molar-refractivity contribution in [3.05, 3.63) is 0 Å². The molecule has 0 saturated heterocycles. The van der Waals surface area contributed by atoms with Crippen molar-refractivity contribution in [1.29, 1.82) is 0 Å². The number of nitrogens with zero attached hydrogens (tertiary/aromatic N) is 2. The van der Waals surface area contributed by atoms with Crippen LogP contribution in [0.5, 0.6) is 0 Å². The molecule has 0 fully saturated rings. The van der Waals surface area contributed by atoms with Crippen LogP contribution in [0.2, 0.25) is 0 Å². The van der Waals surface area contributed by atoms with Crippen molar-refractivity contribution in [2.24, 2.45) is 9.98 Å². The van der Waals surface area contributed by atoms with Gasteiger partial charge in [0.15, 0.2) is 0 Å². The summed E-state index contributed by atoms with van der Waals surface area (Å²) in [6.07, 6.45) is 2.18. The molecule has 0 heterocycles. The SMILES string of the molecule is CCSC/N=C/OOCSCCSCOC(=O)NCSCCSC/N=C/OOCSCSCO. The summed E-state index contributed by atoms with van der Waals surface area (Å²) in [5.74, 6) is 7.50. The Balaban J connectivity index is 3.23. The summed E-state index contributed by atoms with van der Waals surface area (Å²) in [6, 6.07) is 0. The first-order valence-corrected chi connectivity index (χ1v) is 18.0. The van der Waals surface area contributed by atoms with Gasteiger partial charge in [0.1, 0.15) is 17.8 Å². The van der Waals surface area contributed by atoms with Crippen molar-refractivity contribution in [3.8, 4) is 0 Å². The van der Waals surface area contributed by atoms with E-state index in [0.29, 0.717) is 35.4 Å². The molecule has 0 unspecified atom stereocenters. The Labute approximate surface area is 231 Å². The van der Waals surface area contributed by atoms with E-state index in [1.807, 2.05) is 0 Å². The maximum Gasteiger partial charge on any atom is 0.408 e. The summed E-state index contributed by atoms with van der Waals surface area (Å²) < 4.78 is 5.10. The van der Waals surface area contributed by atoms with E-state index in [-0.39, 0.29) is 5.94 Å². The van der Waals surface area contributed by atoms with Gasteiger partial charge in [-0.15, -0.1) is 82.3 Å². The summed E-state index contributed by atoms with van der Waals surface area (Å²) in [4.78, 5) is 39.1. The van der Waals surface area contributed by atoms with Crippen molar-refractivity contribution in [2.45, 2.75) is 6.92 Å². The Morgan fingerprint density at radius 3 is 2.15 bits per heavy atom. The van der Waals surface area contributed by atoms with Gasteiger partial charge in [0.2, 0.25) is 12.8 Å². The molecule has 0 spiro atoms. The first-order valence-electron chi connectivity index (χ1n) is 9.90. The predicted molar refractivity (Wildman–Crippen MR) is 155 cm³/mol. The van der Waals surface area contributed by atoms with Gasteiger partial charge in [0.05, 0.1) is 23.6 Å². The number of carbonyl (C=O) groups excluding carboxylic acids is 1. The minimum absolute atomic E-state index is 0.105. The van der Waals surface area contributed by atoms with Crippen LogP contribution < -0.4 is 5.32 Å². The van der Waals surface area contributed by atoms with Crippen molar-refractivity contribution in [2.75, 3.05) is 75.2 Å². The number of hydrogen-bond acceptors (Lipinski definition) is 16. The van der Waals surface area contributed by atoms with Crippen LogP contribution in [-0.4, -0.2) is 99.2 Å². The number of aliphatic hydroxyl groups excluding tert-OH is 1. The highest BCUT2D eigenvalue weighted by molar-refractivity contribution is 8.15. The number of amides is 1.